The number of likely N-dealkylation sites (tertiary alicyclic amines) is 2. The van der Waals surface area contributed by atoms with E-state index in [1.807, 2.05) is 90.9 Å². The summed E-state index contributed by atoms with van der Waals surface area (Å²) in [4.78, 5) is 114. The number of benzene rings is 2. The van der Waals surface area contributed by atoms with Crippen LogP contribution in [-0.4, -0.2) is 164 Å². The number of amides is 7. The second-order valence-corrected chi connectivity index (χ2v) is 22.6. The molecule has 0 spiro atoms. The van der Waals surface area contributed by atoms with E-state index in [1.165, 1.54) is 12.0 Å². The molecular weight excluding hydrogens is 1010 g/mol. The molecule has 19 heteroatoms. The van der Waals surface area contributed by atoms with Gasteiger partial charge in [0.2, 0.25) is 41.4 Å². The van der Waals surface area contributed by atoms with Crippen LogP contribution in [0.3, 0.4) is 0 Å². The molecular formula is C60H92N8O11. The summed E-state index contributed by atoms with van der Waals surface area (Å²) in [6.07, 6.45) is 2.05. The third kappa shape index (κ3) is 17.7. The molecule has 2 aliphatic rings. The minimum atomic E-state index is -0.890. The molecule has 0 radical (unpaired) electrons. The van der Waals surface area contributed by atoms with Gasteiger partial charge in [-0.1, -0.05) is 111 Å². The molecule has 7 amide bonds. The molecule has 2 heterocycles. The van der Waals surface area contributed by atoms with Crippen molar-refractivity contribution in [3.8, 4) is 0 Å². The van der Waals surface area contributed by atoms with Crippen molar-refractivity contribution in [1.82, 2.24) is 35.7 Å². The van der Waals surface area contributed by atoms with Crippen molar-refractivity contribution in [1.29, 1.82) is 0 Å². The number of imide groups is 1. The van der Waals surface area contributed by atoms with Gasteiger partial charge in [0.15, 0.2) is 0 Å². The largest absolute Gasteiger partial charge is 0.452 e. The zero-order chi connectivity index (χ0) is 58.8. The van der Waals surface area contributed by atoms with E-state index in [4.69, 9.17) is 14.2 Å². The Labute approximate surface area is 469 Å². The molecule has 3 N–H and O–H groups in total. The lowest BCUT2D eigenvalue weighted by Gasteiger charge is -2.41. The Balaban J connectivity index is 1.40. The zero-order valence-electron chi connectivity index (χ0n) is 49.7. The second kappa shape index (κ2) is 31.1. The Bertz CT molecular complexity index is 2390. The fraction of sp³-hybridized carbons (Fsp3) is 0.650. The Morgan fingerprint density at radius 3 is 2.01 bits per heavy atom. The number of carbonyl (C=O) groups is 8. The van der Waals surface area contributed by atoms with Gasteiger partial charge >= 0.3 is 5.97 Å². The number of esters is 1. The predicted octanol–water partition coefficient (Wildman–Crippen LogP) is 6.53. The van der Waals surface area contributed by atoms with E-state index in [9.17, 15) is 38.4 Å². The number of rotatable bonds is 30. The van der Waals surface area contributed by atoms with E-state index in [2.05, 4.69) is 21.2 Å². The van der Waals surface area contributed by atoms with E-state index in [0.29, 0.717) is 68.5 Å². The Morgan fingerprint density at radius 1 is 0.810 bits per heavy atom. The molecule has 1 unspecified atom stereocenters. The van der Waals surface area contributed by atoms with Crippen molar-refractivity contribution >= 4 is 53.0 Å². The fourth-order valence-electron chi connectivity index (χ4n) is 11.1. The van der Waals surface area contributed by atoms with Crippen LogP contribution >= 0.6 is 0 Å². The first-order valence-corrected chi connectivity index (χ1v) is 28.3. The van der Waals surface area contributed by atoms with Gasteiger partial charge in [-0.3, -0.25) is 43.4 Å². The lowest BCUT2D eigenvalue weighted by Crippen LogP contribution is -2.59. The third-order valence-electron chi connectivity index (χ3n) is 15.8. The smallest absolute Gasteiger partial charge is 0.338 e. The van der Waals surface area contributed by atoms with Gasteiger partial charge in [0.1, 0.15) is 12.1 Å². The van der Waals surface area contributed by atoms with Crippen LogP contribution in [0.15, 0.2) is 59.7 Å². The summed E-state index contributed by atoms with van der Waals surface area (Å²) in [6.45, 7) is 19.6. The van der Waals surface area contributed by atoms with Gasteiger partial charge < -0.3 is 34.6 Å². The van der Waals surface area contributed by atoms with Crippen molar-refractivity contribution in [3.63, 3.8) is 0 Å². The molecule has 2 aliphatic heterocycles. The number of hydrogen-bond acceptors (Lipinski definition) is 13. The van der Waals surface area contributed by atoms with Crippen LogP contribution in [0.25, 0.3) is 0 Å². The van der Waals surface area contributed by atoms with Crippen LogP contribution in [0, 0.1) is 29.6 Å². The molecule has 2 saturated heterocycles. The zero-order valence-corrected chi connectivity index (χ0v) is 49.7. The second-order valence-electron chi connectivity index (χ2n) is 22.6. The SMILES string of the molecule is CC[C@H](C)[C@@H]([C@@H](CC(=O)N1CCC[C@H]1[C@H](OC)[C@@H](C)C(=O)N[C@H](C)[C@@H](OC(=O)c1ccc(/C(C)=N/NC(=O)CCCCCN2C(=O)CC(C)C2=O)cc1)c1ccccc1)OC)N(C)C(=O)[C@@H](NC(=O)[C@H](C(C)C)N(C)C)C(C)C. The maximum atomic E-state index is 14.5. The normalized spacial score (nSPS) is 19.3. The molecule has 0 bridgehead atoms. The Morgan fingerprint density at radius 2 is 1.46 bits per heavy atom. The highest BCUT2D eigenvalue weighted by molar-refractivity contribution is 6.03. The molecule has 79 heavy (non-hydrogen) atoms. The molecule has 0 aromatic heterocycles. The molecule has 2 fully saturated rings. The maximum absolute atomic E-state index is 14.5. The highest BCUT2D eigenvalue weighted by Crippen LogP contribution is 2.31. The maximum Gasteiger partial charge on any atom is 0.338 e. The van der Waals surface area contributed by atoms with Crippen LogP contribution in [0.4, 0.5) is 0 Å². The molecule has 19 nitrogen and oxygen atoms in total. The van der Waals surface area contributed by atoms with Gasteiger partial charge in [0, 0.05) is 53.1 Å². The first kappa shape index (κ1) is 65.5. The van der Waals surface area contributed by atoms with Crippen molar-refractivity contribution in [2.24, 2.45) is 34.7 Å². The Hall–Kier alpha value is -6.05. The van der Waals surface area contributed by atoms with Crippen LogP contribution < -0.4 is 16.1 Å². The Kier molecular flexibility index (Phi) is 25.8. The molecule has 0 saturated carbocycles. The highest BCUT2D eigenvalue weighted by Gasteiger charge is 2.44. The van der Waals surface area contributed by atoms with Crippen molar-refractivity contribution in [3.05, 3.63) is 71.3 Å². The topological polar surface area (TPSA) is 226 Å². The number of ether oxygens (including phenoxy) is 3. The number of nitrogens with zero attached hydrogens (tertiary/aromatic N) is 5. The van der Waals surface area contributed by atoms with Crippen molar-refractivity contribution in [2.45, 2.75) is 176 Å². The third-order valence-corrected chi connectivity index (χ3v) is 15.8. The minimum absolute atomic E-state index is 0.0142. The summed E-state index contributed by atoms with van der Waals surface area (Å²) in [5.41, 5.74) is 4.69. The highest BCUT2D eigenvalue weighted by atomic mass is 16.5. The molecule has 11 atom stereocenters. The molecule has 2 aromatic rings. The minimum Gasteiger partial charge on any atom is -0.452 e. The van der Waals surface area contributed by atoms with E-state index in [-0.39, 0.29) is 89.8 Å². The summed E-state index contributed by atoms with van der Waals surface area (Å²) in [7, 11) is 8.49. The van der Waals surface area contributed by atoms with Gasteiger partial charge in [0.25, 0.3) is 0 Å². The van der Waals surface area contributed by atoms with Gasteiger partial charge in [-0.2, -0.15) is 5.10 Å². The van der Waals surface area contributed by atoms with Gasteiger partial charge in [-0.05, 0) is 94.6 Å². The molecule has 0 aliphatic carbocycles. The molecule has 438 valence electrons. The number of methoxy groups -OCH3 is 2. The summed E-state index contributed by atoms with van der Waals surface area (Å²) < 4.78 is 18.3. The molecule has 4 rings (SSSR count). The summed E-state index contributed by atoms with van der Waals surface area (Å²) in [6, 6.07) is 12.9. The average molecular weight is 1100 g/mol. The van der Waals surface area contributed by atoms with Crippen LogP contribution in [0.5, 0.6) is 0 Å². The fourth-order valence-corrected chi connectivity index (χ4v) is 11.1. The van der Waals surface area contributed by atoms with Crippen LogP contribution in [-0.2, 0) is 47.8 Å². The van der Waals surface area contributed by atoms with Crippen LogP contribution in [0.1, 0.15) is 155 Å². The lowest BCUT2D eigenvalue weighted by molar-refractivity contribution is -0.148. The number of nitrogens with one attached hydrogen (secondary N) is 3. The number of unbranched alkanes of at least 4 members (excludes halogenated alkanes) is 2. The average Bonchev–Trinajstić information content (AvgIpc) is 4.01. The number of carbonyl (C=O) groups excluding carboxylic acids is 8. The van der Waals surface area contributed by atoms with Crippen LogP contribution in [0.2, 0.25) is 0 Å². The standard InChI is InChI=1S/C60H92N8O11/c1-16-38(6)53(66(13)59(75)51(36(2)3)62-57(73)52(37(4)5)65(11)12)47(77-14)35-50(71)67-33-23-26-46(67)54(78-15)40(8)56(72)61-42(10)55(44-24-19-17-20-25-44)79-60(76)45-30-28-43(29-31-45)41(9)63-64-48(69)27-21-18-22-32-68-49(70)34-39(7)58(68)74/h17,19-20,24-25,28-31,36-40,42,46-47,51-55H,16,18,21-23,26-27,32-35H2,1-15H3,(H,61,72)(H,62,73)(H,64,69)/b63-41+/t38-,39?,40+,42+,46-,47+,51-,52-,53-,54+,55+/m0/s1. The lowest BCUT2D eigenvalue weighted by atomic mass is 9.89. The van der Waals surface area contributed by atoms with E-state index in [1.54, 1.807) is 75.9 Å². The van der Waals surface area contributed by atoms with Crippen molar-refractivity contribution in [2.75, 3.05) is 48.5 Å². The number of hydrazone groups is 1. The van der Waals surface area contributed by atoms with E-state index < -0.39 is 60.4 Å². The van der Waals surface area contributed by atoms with Gasteiger partial charge in [-0.25, -0.2) is 10.2 Å². The summed E-state index contributed by atoms with van der Waals surface area (Å²) in [5.74, 6) is -3.48. The van der Waals surface area contributed by atoms with Gasteiger partial charge in [-0.15, -0.1) is 0 Å². The van der Waals surface area contributed by atoms with E-state index >= 15 is 0 Å². The first-order valence-electron chi connectivity index (χ1n) is 28.3. The monoisotopic (exact) mass is 1100 g/mol. The predicted molar refractivity (Wildman–Crippen MR) is 303 cm³/mol. The number of likely N-dealkylation sites (N-methyl/N-ethyl adjacent to an activating group) is 2. The van der Waals surface area contributed by atoms with Gasteiger partial charge in [0.05, 0.1) is 60.0 Å². The van der Waals surface area contributed by atoms with Crippen molar-refractivity contribution < 1.29 is 52.6 Å². The first-order chi connectivity index (χ1) is 37.4. The molecule has 2 aromatic carbocycles. The quantitative estimate of drug-likeness (QED) is 0.0250. The summed E-state index contributed by atoms with van der Waals surface area (Å²) in [5, 5.41) is 10.4. The summed E-state index contributed by atoms with van der Waals surface area (Å²) >= 11 is 0. The number of hydrogen-bond donors (Lipinski definition) is 3. The van der Waals surface area contributed by atoms with E-state index in [0.717, 1.165) is 0 Å².